The summed E-state index contributed by atoms with van der Waals surface area (Å²) in [5.74, 6) is 2.45. The molecule has 0 amide bonds. The van der Waals surface area contributed by atoms with Gasteiger partial charge in [0.05, 0.1) is 52.3 Å². The van der Waals surface area contributed by atoms with E-state index in [1.165, 1.54) is 41.7 Å². The van der Waals surface area contributed by atoms with Crippen LogP contribution in [0.25, 0.3) is 10.8 Å². The predicted molar refractivity (Wildman–Crippen MR) is 126 cm³/mol. The van der Waals surface area contributed by atoms with Crippen molar-refractivity contribution in [2.45, 2.75) is 6.42 Å². The molecular formula is C22H35N3OS2+2. The van der Waals surface area contributed by atoms with Crippen LogP contribution in [0.3, 0.4) is 0 Å². The molecule has 0 aliphatic carbocycles. The van der Waals surface area contributed by atoms with Gasteiger partial charge in [0.1, 0.15) is 0 Å². The van der Waals surface area contributed by atoms with Crippen LogP contribution in [0.15, 0.2) is 36.4 Å². The van der Waals surface area contributed by atoms with Crippen molar-refractivity contribution in [3.63, 3.8) is 0 Å². The first-order valence-electron chi connectivity index (χ1n) is 10.1. The standard InChI is InChI=1S/C22H33N3OS2/c1-23(2)14-16-27-28-17-15-24(3)12-7-13-25(4)22-11-10-19(18-26)20-8-5-6-9-21(20)22/h5-6,8-11,18H,7,12-17H2,1-4H3/p+2. The molecule has 0 aliphatic heterocycles. The molecule has 0 spiro atoms. The van der Waals surface area contributed by atoms with Crippen molar-refractivity contribution in [2.24, 2.45) is 0 Å². The maximum absolute atomic E-state index is 11.3. The SMILES string of the molecule is CN(CCC[NH+](C)CCSSCC[NH+](C)C)c1ccc(C=O)c2ccccc12. The van der Waals surface area contributed by atoms with Gasteiger partial charge in [-0.15, -0.1) is 0 Å². The van der Waals surface area contributed by atoms with Crippen LogP contribution in [-0.4, -0.2) is 72.2 Å². The van der Waals surface area contributed by atoms with Crippen molar-refractivity contribution in [2.75, 3.05) is 70.8 Å². The van der Waals surface area contributed by atoms with Crippen molar-refractivity contribution in [1.82, 2.24) is 0 Å². The second-order valence-corrected chi connectivity index (χ2v) is 10.4. The summed E-state index contributed by atoms with van der Waals surface area (Å²) >= 11 is 0. The highest BCUT2D eigenvalue weighted by atomic mass is 33.1. The third-order valence-electron chi connectivity index (χ3n) is 4.95. The molecule has 6 heteroatoms. The number of aldehydes is 1. The van der Waals surface area contributed by atoms with Crippen molar-refractivity contribution >= 4 is 44.3 Å². The van der Waals surface area contributed by atoms with Crippen LogP contribution in [-0.2, 0) is 0 Å². The minimum absolute atomic E-state index is 0.763. The highest BCUT2D eigenvalue weighted by Gasteiger charge is 2.10. The van der Waals surface area contributed by atoms with Gasteiger partial charge in [0.25, 0.3) is 0 Å². The van der Waals surface area contributed by atoms with Gasteiger partial charge in [-0.25, -0.2) is 0 Å². The number of anilines is 1. The van der Waals surface area contributed by atoms with Crippen LogP contribution < -0.4 is 14.7 Å². The average molecular weight is 422 g/mol. The minimum Gasteiger partial charge on any atom is -0.374 e. The lowest BCUT2D eigenvalue weighted by atomic mass is 10.0. The number of hydrogen-bond acceptors (Lipinski definition) is 4. The summed E-state index contributed by atoms with van der Waals surface area (Å²) in [5, 5.41) is 2.19. The molecule has 0 aromatic heterocycles. The van der Waals surface area contributed by atoms with Crippen LogP contribution in [0.2, 0.25) is 0 Å². The summed E-state index contributed by atoms with van der Waals surface area (Å²) in [6.45, 7) is 4.65. The Balaban J connectivity index is 1.75. The van der Waals surface area contributed by atoms with Gasteiger partial charge in [0, 0.05) is 36.7 Å². The largest absolute Gasteiger partial charge is 0.374 e. The van der Waals surface area contributed by atoms with E-state index in [2.05, 4.69) is 45.2 Å². The number of benzene rings is 2. The number of hydrogen-bond donors (Lipinski definition) is 2. The van der Waals surface area contributed by atoms with Crippen molar-refractivity contribution < 1.29 is 14.6 Å². The monoisotopic (exact) mass is 421 g/mol. The van der Waals surface area contributed by atoms with Crippen LogP contribution in [0.5, 0.6) is 0 Å². The molecule has 0 radical (unpaired) electrons. The van der Waals surface area contributed by atoms with Crippen molar-refractivity contribution in [3.8, 4) is 0 Å². The van der Waals surface area contributed by atoms with Crippen molar-refractivity contribution in [1.29, 1.82) is 0 Å². The first-order chi connectivity index (χ1) is 13.5. The molecule has 4 nitrogen and oxygen atoms in total. The summed E-state index contributed by atoms with van der Waals surface area (Å²) in [6.07, 6.45) is 2.11. The van der Waals surface area contributed by atoms with Crippen LogP contribution >= 0.6 is 21.6 Å². The van der Waals surface area contributed by atoms with Gasteiger partial charge in [-0.3, -0.25) is 4.79 Å². The van der Waals surface area contributed by atoms with E-state index in [9.17, 15) is 4.79 Å². The van der Waals surface area contributed by atoms with Gasteiger partial charge < -0.3 is 14.7 Å². The first-order valence-corrected chi connectivity index (χ1v) is 12.5. The van der Waals surface area contributed by atoms with Crippen LogP contribution in [0, 0.1) is 0 Å². The summed E-state index contributed by atoms with van der Waals surface area (Å²) in [7, 11) is 12.9. The fourth-order valence-electron chi connectivity index (χ4n) is 3.19. The summed E-state index contributed by atoms with van der Waals surface area (Å²) in [4.78, 5) is 16.7. The molecule has 0 saturated heterocycles. The molecule has 0 fully saturated rings. The van der Waals surface area contributed by atoms with Crippen molar-refractivity contribution in [3.05, 3.63) is 42.0 Å². The van der Waals surface area contributed by atoms with Crippen LogP contribution in [0.1, 0.15) is 16.8 Å². The van der Waals surface area contributed by atoms with Gasteiger partial charge in [-0.05, 0) is 17.5 Å². The molecule has 0 aliphatic rings. The predicted octanol–water partition coefficient (Wildman–Crippen LogP) is 1.52. The maximum atomic E-state index is 11.3. The fraction of sp³-hybridized carbons (Fsp3) is 0.500. The second-order valence-electron chi connectivity index (χ2n) is 7.67. The summed E-state index contributed by atoms with van der Waals surface area (Å²) in [5.41, 5.74) is 1.97. The zero-order valence-corrected chi connectivity index (χ0v) is 19.3. The van der Waals surface area contributed by atoms with Gasteiger partial charge in [0.15, 0.2) is 6.29 Å². The smallest absolute Gasteiger partial charge is 0.150 e. The Morgan fingerprint density at radius 2 is 1.61 bits per heavy atom. The number of nitrogens with one attached hydrogen (secondary N) is 2. The Labute approximate surface area is 178 Å². The fourth-order valence-corrected chi connectivity index (χ4v) is 5.55. The van der Waals surface area contributed by atoms with E-state index in [1.54, 1.807) is 4.90 Å². The quantitative estimate of drug-likeness (QED) is 0.292. The van der Waals surface area contributed by atoms with E-state index in [0.29, 0.717) is 0 Å². The Morgan fingerprint density at radius 3 is 2.29 bits per heavy atom. The van der Waals surface area contributed by atoms with Gasteiger partial charge in [0.2, 0.25) is 0 Å². The lowest BCUT2D eigenvalue weighted by Crippen LogP contribution is -3.09. The highest BCUT2D eigenvalue weighted by Crippen LogP contribution is 2.28. The van der Waals surface area contributed by atoms with E-state index in [4.69, 9.17) is 0 Å². The molecule has 2 aromatic carbocycles. The van der Waals surface area contributed by atoms with Gasteiger partial charge >= 0.3 is 0 Å². The lowest BCUT2D eigenvalue weighted by Gasteiger charge is -2.22. The van der Waals surface area contributed by atoms with E-state index < -0.39 is 0 Å². The number of rotatable bonds is 13. The molecule has 2 N–H and O–H groups in total. The summed E-state index contributed by atoms with van der Waals surface area (Å²) < 4.78 is 0. The summed E-state index contributed by atoms with van der Waals surface area (Å²) in [6, 6.07) is 12.2. The second kappa shape index (κ2) is 12.4. The molecule has 2 rings (SSSR count). The van der Waals surface area contributed by atoms with E-state index >= 15 is 0 Å². The average Bonchev–Trinajstić information content (AvgIpc) is 2.69. The number of fused-ring (bicyclic) bond motifs is 1. The Morgan fingerprint density at radius 1 is 0.929 bits per heavy atom. The number of quaternary nitrogens is 2. The molecule has 1 unspecified atom stereocenters. The molecule has 28 heavy (non-hydrogen) atoms. The Kier molecular flexibility index (Phi) is 10.2. The number of nitrogens with zero attached hydrogens (tertiary/aromatic N) is 1. The Hall–Kier alpha value is -1.21. The molecule has 0 heterocycles. The van der Waals surface area contributed by atoms with E-state index in [-0.39, 0.29) is 0 Å². The lowest BCUT2D eigenvalue weighted by molar-refractivity contribution is -0.876. The number of carbonyl (C=O) groups excluding carboxylic acids is 1. The molecule has 1 atom stereocenters. The topological polar surface area (TPSA) is 29.2 Å². The van der Waals surface area contributed by atoms with Crippen LogP contribution in [0.4, 0.5) is 5.69 Å². The molecular weight excluding hydrogens is 386 g/mol. The third-order valence-corrected chi connectivity index (χ3v) is 7.36. The zero-order chi connectivity index (χ0) is 20.4. The minimum atomic E-state index is 0.763. The van der Waals surface area contributed by atoms with Gasteiger partial charge in [-0.2, -0.15) is 0 Å². The number of carbonyl (C=O) groups is 1. The van der Waals surface area contributed by atoms with Gasteiger partial charge in [-0.1, -0.05) is 45.9 Å². The maximum Gasteiger partial charge on any atom is 0.150 e. The molecule has 2 aromatic rings. The normalized spacial score (nSPS) is 12.5. The zero-order valence-electron chi connectivity index (χ0n) is 17.7. The highest BCUT2D eigenvalue weighted by molar-refractivity contribution is 8.76. The van der Waals surface area contributed by atoms with E-state index in [1.807, 2.05) is 45.9 Å². The molecule has 0 bridgehead atoms. The third kappa shape index (κ3) is 7.32. The van der Waals surface area contributed by atoms with E-state index in [0.717, 1.165) is 35.6 Å². The Bertz CT molecular complexity index is 739. The first kappa shape index (κ1) is 23.1. The molecule has 154 valence electrons. The molecule has 0 saturated carbocycles.